The number of alkyl halides is 5. The Morgan fingerprint density at radius 3 is 2.50 bits per heavy atom. The molecule has 0 spiro atoms. The Bertz CT molecular complexity index is 1650. The predicted octanol–water partition coefficient (Wildman–Crippen LogP) is 5.36. The topological polar surface area (TPSA) is 81.7 Å². The number of rotatable bonds is 5. The maximum Gasteiger partial charge on any atom is 0.417 e. The van der Waals surface area contributed by atoms with Crippen molar-refractivity contribution in [2.45, 2.75) is 51.7 Å². The Hall–Kier alpha value is -4.00. The molecule has 5 rings (SSSR count). The molecule has 0 N–H and O–H groups in total. The van der Waals surface area contributed by atoms with Crippen LogP contribution in [0.1, 0.15) is 52.6 Å². The number of carbonyl (C=O) groups excluding carboxylic acids is 1. The Kier molecular flexibility index (Phi) is 7.02. The van der Waals surface area contributed by atoms with Crippen LogP contribution in [0.5, 0.6) is 5.75 Å². The van der Waals surface area contributed by atoms with Gasteiger partial charge in [0.2, 0.25) is 0 Å². The van der Waals surface area contributed by atoms with E-state index in [1.165, 1.54) is 50.8 Å². The summed E-state index contributed by atoms with van der Waals surface area (Å²) in [5.74, 6) is -0.679. The molecule has 14 heteroatoms. The molecule has 1 amide bonds. The Morgan fingerprint density at radius 1 is 1.15 bits per heavy atom. The molecule has 0 fully saturated rings. The summed E-state index contributed by atoms with van der Waals surface area (Å²) >= 11 is 5.71. The fourth-order valence-electron chi connectivity index (χ4n) is 4.80. The normalized spacial score (nSPS) is 16.3. The number of ether oxygens (including phenoxy) is 1. The number of aromatic nitrogens is 4. The quantitative estimate of drug-likeness (QED) is 0.296. The van der Waals surface area contributed by atoms with Crippen molar-refractivity contribution in [1.82, 2.24) is 24.3 Å². The first kappa shape index (κ1) is 27.6. The van der Waals surface area contributed by atoms with Crippen molar-refractivity contribution >= 4 is 23.0 Å². The number of carbonyl (C=O) groups is 1. The fourth-order valence-corrected chi connectivity index (χ4v) is 5.02. The largest absolute Gasteiger partial charge is 0.435 e. The van der Waals surface area contributed by atoms with Crippen LogP contribution in [-0.4, -0.2) is 42.9 Å². The molecule has 210 valence electrons. The smallest absolute Gasteiger partial charge is 0.417 e. The van der Waals surface area contributed by atoms with E-state index in [-0.39, 0.29) is 29.8 Å². The average Bonchev–Trinajstić information content (AvgIpc) is 3.25. The van der Waals surface area contributed by atoms with Crippen LogP contribution >= 0.6 is 11.6 Å². The number of halogens is 6. The first-order valence-corrected chi connectivity index (χ1v) is 12.4. The van der Waals surface area contributed by atoms with Crippen molar-refractivity contribution in [3.63, 3.8) is 0 Å². The highest BCUT2D eigenvalue weighted by Gasteiger charge is 2.36. The third-order valence-electron chi connectivity index (χ3n) is 6.87. The van der Waals surface area contributed by atoms with Crippen LogP contribution < -0.4 is 10.3 Å². The summed E-state index contributed by atoms with van der Waals surface area (Å²) in [7, 11) is 0. The summed E-state index contributed by atoms with van der Waals surface area (Å²) in [5.41, 5.74) is -0.00108. The van der Waals surface area contributed by atoms with Gasteiger partial charge in [0.1, 0.15) is 17.6 Å². The van der Waals surface area contributed by atoms with Crippen LogP contribution in [0.15, 0.2) is 53.6 Å². The highest BCUT2D eigenvalue weighted by molar-refractivity contribution is 6.31. The molecule has 1 unspecified atom stereocenters. The predicted molar refractivity (Wildman–Crippen MR) is 134 cm³/mol. The van der Waals surface area contributed by atoms with Crippen LogP contribution in [0.3, 0.4) is 0 Å². The minimum atomic E-state index is -4.73. The van der Waals surface area contributed by atoms with Crippen LogP contribution in [0.2, 0.25) is 5.02 Å². The summed E-state index contributed by atoms with van der Waals surface area (Å²) < 4.78 is 72.0. The molecule has 0 radical (unpaired) electrons. The molecule has 0 bridgehead atoms. The number of amides is 1. The lowest BCUT2D eigenvalue weighted by Gasteiger charge is -2.33. The van der Waals surface area contributed by atoms with E-state index in [0.717, 1.165) is 12.1 Å². The van der Waals surface area contributed by atoms with E-state index in [9.17, 15) is 31.5 Å². The number of hydrogen-bond donors (Lipinski definition) is 0. The van der Waals surface area contributed by atoms with Crippen molar-refractivity contribution in [1.29, 1.82) is 0 Å². The van der Waals surface area contributed by atoms with Gasteiger partial charge in [0.25, 0.3) is 11.5 Å². The highest BCUT2D eigenvalue weighted by atomic mass is 35.5. The van der Waals surface area contributed by atoms with Gasteiger partial charge in [0.15, 0.2) is 0 Å². The molecule has 40 heavy (non-hydrogen) atoms. The Balaban J connectivity index is 1.49. The van der Waals surface area contributed by atoms with Gasteiger partial charge in [-0.1, -0.05) is 23.7 Å². The Labute approximate surface area is 228 Å². The lowest BCUT2D eigenvalue weighted by molar-refractivity contribution is -0.137. The van der Waals surface area contributed by atoms with Gasteiger partial charge in [-0.05, 0) is 49.7 Å². The molecule has 4 aromatic rings. The summed E-state index contributed by atoms with van der Waals surface area (Å²) in [5, 5.41) is 8.15. The monoisotopic (exact) mass is 581 g/mol. The molecule has 8 nitrogen and oxygen atoms in total. The molecule has 2 atom stereocenters. The summed E-state index contributed by atoms with van der Waals surface area (Å²) in [6, 6.07) is 7.75. The lowest BCUT2D eigenvalue weighted by atomic mass is 9.99. The van der Waals surface area contributed by atoms with Crippen molar-refractivity contribution in [2.75, 3.05) is 0 Å². The molecule has 1 aliphatic rings. The lowest BCUT2D eigenvalue weighted by Crippen LogP contribution is -2.42. The van der Waals surface area contributed by atoms with E-state index in [1.807, 2.05) is 0 Å². The van der Waals surface area contributed by atoms with Crippen molar-refractivity contribution in [2.24, 2.45) is 0 Å². The first-order valence-electron chi connectivity index (χ1n) is 12.1. The third kappa shape index (κ3) is 5.01. The molecular formula is C26H21ClF5N5O3. The molecule has 0 aliphatic carbocycles. The van der Waals surface area contributed by atoms with Gasteiger partial charge in [0.05, 0.1) is 28.9 Å². The highest BCUT2D eigenvalue weighted by Crippen LogP contribution is 2.36. The van der Waals surface area contributed by atoms with E-state index in [4.69, 9.17) is 11.6 Å². The number of nitrogens with zero attached hydrogens (tertiary/aromatic N) is 5. The van der Waals surface area contributed by atoms with E-state index in [0.29, 0.717) is 16.8 Å². The van der Waals surface area contributed by atoms with Crippen LogP contribution in [0.25, 0.3) is 5.52 Å². The minimum absolute atomic E-state index is 0.0338. The van der Waals surface area contributed by atoms with Gasteiger partial charge < -0.3 is 9.64 Å². The van der Waals surface area contributed by atoms with E-state index in [2.05, 4.69) is 14.9 Å². The standard InChI is InChI=1S/C26H21ClF5N5O3/c1-13-9-21-18(11-35(13)23(38)16-5-8-20(27)19(10-16)26(30,31)32)22-24(39)37(33-12-36(22)34-21)14(2)15-3-6-17(7-4-15)40-25(28)29/h3-8,10,12-14,25H,9,11H2,1-2H3/t13-,14?/m1/s1. The molecule has 2 aromatic heterocycles. The van der Waals surface area contributed by atoms with Gasteiger partial charge in [-0.25, -0.2) is 9.20 Å². The second kappa shape index (κ2) is 10.2. The molecule has 1 aliphatic heterocycles. The second-order valence-corrected chi connectivity index (χ2v) is 9.81. The van der Waals surface area contributed by atoms with Crippen LogP contribution in [0, 0.1) is 0 Å². The van der Waals surface area contributed by atoms with Crippen LogP contribution in [0.4, 0.5) is 22.0 Å². The van der Waals surface area contributed by atoms with Gasteiger partial charge >= 0.3 is 12.8 Å². The van der Waals surface area contributed by atoms with Gasteiger partial charge in [-0.3, -0.25) is 9.59 Å². The van der Waals surface area contributed by atoms with Crippen molar-refractivity contribution < 1.29 is 31.5 Å². The average molecular weight is 582 g/mol. The first-order chi connectivity index (χ1) is 18.8. The van der Waals surface area contributed by atoms with E-state index in [1.54, 1.807) is 13.8 Å². The van der Waals surface area contributed by atoms with Gasteiger partial charge in [-0.15, -0.1) is 0 Å². The zero-order chi connectivity index (χ0) is 28.9. The van der Waals surface area contributed by atoms with Crippen LogP contribution in [-0.2, 0) is 19.1 Å². The maximum absolute atomic E-state index is 13.6. The number of benzene rings is 2. The molecule has 3 heterocycles. The second-order valence-electron chi connectivity index (χ2n) is 9.40. The molecular weight excluding hydrogens is 561 g/mol. The molecule has 0 saturated carbocycles. The Morgan fingerprint density at radius 2 is 1.85 bits per heavy atom. The van der Waals surface area contributed by atoms with Gasteiger partial charge in [-0.2, -0.15) is 32.1 Å². The minimum Gasteiger partial charge on any atom is -0.435 e. The van der Waals surface area contributed by atoms with Crippen molar-refractivity contribution in [3.8, 4) is 5.75 Å². The summed E-state index contributed by atoms with van der Waals surface area (Å²) in [6.07, 6.45) is -3.12. The fraction of sp³-hybridized carbons (Fsp3) is 0.308. The third-order valence-corrected chi connectivity index (χ3v) is 7.20. The molecule has 0 saturated heterocycles. The summed E-state index contributed by atoms with van der Waals surface area (Å²) in [4.78, 5) is 28.3. The zero-order valence-electron chi connectivity index (χ0n) is 21.0. The summed E-state index contributed by atoms with van der Waals surface area (Å²) in [6.45, 7) is 0.415. The number of fused-ring (bicyclic) bond motifs is 3. The van der Waals surface area contributed by atoms with E-state index >= 15 is 0 Å². The maximum atomic E-state index is 13.6. The number of hydrogen-bond acceptors (Lipinski definition) is 5. The SMILES string of the molecule is CC(c1ccc(OC(F)F)cc1)n1ncn2nc3c(c2c1=O)CN(C(=O)c1ccc(Cl)c(C(F)(F)F)c1)[C@H](C)C3. The van der Waals surface area contributed by atoms with Gasteiger partial charge in [0, 0.05) is 23.6 Å². The van der Waals surface area contributed by atoms with Crippen molar-refractivity contribution in [3.05, 3.63) is 92.1 Å². The zero-order valence-corrected chi connectivity index (χ0v) is 21.7. The molecule has 2 aromatic carbocycles. The van der Waals surface area contributed by atoms with E-state index < -0.39 is 46.9 Å².